The van der Waals surface area contributed by atoms with E-state index in [1.54, 1.807) is 31.2 Å². The maximum atomic E-state index is 12.9. The maximum Gasteiger partial charge on any atom is 0.338 e. The highest BCUT2D eigenvalue weighted by Crippen LogP contribution is 2.25. The van der Waals surface area contributed by atoms with Gasteiger partial charge in [-0.2, -0.15) is 4.31 Å². The number of nitrogens with zero attached hydrogens (tertiary/aromatic N) is 1. The van der Waals surface area contributed by atoms with Gasteiger partial charge in [-0.1, -0.05) is 0 Å². The molecule has 0 aliphatic carbocycles. The molecule has 0 aromatic heterocycles. The SMILES string of the molecule is CCOC(=O)c1ccc(S(=O)(=O)N2CCC(C(=O)Nc3ccc(C(=O)OC)cc3)CC2)cc1. The van der Waals surface area contributed by atoms with Gasteiger partial charge in [0.05, 0.1) is 29.7 Å². The molecule has 0 atom stereocenters. The van der Waals surface area contributed by atoms with E-state index >= 15 is 0 Å². The highest BCUT2D eigenvalue weighted by Gasteiger charge is 2.32. The second-order valence-electron chi connectivity index (χ2n) is 7.48. The fourth-order valence-corrected chi connectivity index (χ4v) is 5.01. The minimum Gasteiger partial charge on any atom is -0.465 e. The number of benzene rings is 2. The third-order valence-electron chi connectivity index (χ3n) is 5.40. The van der Waals surface area contributed by atoms with Crippen LogP contribution in [-0.2, 0) is 24.3 Å². The average Bonchev–Trinajstić information content (AvgIpc) is 2.84. The lowest BCUT2D eigenvalue weighted by Crippen LogP contribution is -2.41. The first-order valence-electron chi connectivity index (χ1n) is 10.5. The van der Waals surface area contributed by atoms with Gasteiger partial charge in [0, 0.05) is 24.7 Å². The molecule has 33 heavy (non-hydrogen) atoms. The molecule has 0 saturated carbocycles. The second-order valence-corrected chi connectivity index (χ2v) is 9.42. The zero-order valence-corrected chi connectivity index (χ0v) is 19.3. The molecular weight excluding hydrogens is 448 g/mol. The summed E-state index contributed by atoms with van der Waals surface area (Å²) in [6.07, 6.45) is 0.762. The first-order valence-corrected chi connectivity index (χ1v) is 12.0. The van der Waals surface area contributed by atoms with Crippen LogP contribution in [0.2, 0.25) is 0 Å². The van der Waals surface area contributed by atoms with Crippen molar-refractivity contribution in [3.05, 3.63) is 59.7 Å². The summed E-state index contributed by atoms with van der Waals surface area (Å²) in [5.74, 6) is -1.50. The molecule has 2 aromatic rings. The Balaban J connectivity index is 1.57. The topological polar surface area (TPSA) is 119 Å². The predicted octanol–water partition coefficient (Wildman–Crippen LogP) is 2.69. The van der Waals surface area contributed by atoms with Crippen molar-refractivity contribution in [2.75, 3.05) is 32.1 Å². The van der Waals surface area contributed by atoms with Gasteiger partial charge in [-0.3, -0.25) is 4.79 Å². The van der Waals surface area contributed by atoms with Gasteiger partial charge >= 0.3 is 11.9 Å². The van der Waals surface area contributed by atoms with Crippen molar-refractivity contribution >= 4 is 33.6 Å². The lowest BCUT2D eigenvalue weighted by atomic mass is 9.97. The van der Waals surface area contributed by atoms with Crippen LogP contribution in [0, 0.1) is 5.92 Å². The Hall–Kier alpha value is -3.24. The van der Waals surface area contributed by atoms with E-state index in [4.69, 9.17) is 4.74 Å². The van der Waals surface area contributed by atoms with E-state index in [1.807, 2.05) is 0 Å². The van der Waals surface area contributed by atoms with Crippen LogP contribution in [0.15, 0.2) is 53.4 Å². The average molecular weight is 475 g/mol. The molecule has 1 amide bonds. The van der Waals surface area contributed by atoms with Crippen LogP contribution >= 0.6 is 0 Å². The summed E-state index contributed by atoms with van der Waals surface area (Å²) in [5.41, 5.74) is 1.21. The normalized spacial score (nSPS) is 15.0. The highest BCUT2D eigenvalue weighted by atomic mass is 32.2. The van der Waals surface area contributed by atoms with E-state index < -0.39 is 22.0 Å². The molecule has 1 heterocycles. The van der Waals surface area contributed by atoms with Crippen LogP contribution < -0.4 is 5.32 Å². The zero-order valence-electron chi connectivity index (χ0n) is 18.4. The van der Waals surface area contributed by atoms with Gasteiger partial charge in [0.2, 0.25) is 15.9 Å². The fourth-order valence-electron chi connectivity index (χ4n) is 3.54. The number of carbonyl (C=O) groups excluding carboxylic acids is 3. The van der Waals surface area contributed by atoms with Crippen LogP contribution in [-0.4, -0.2) is 57.4 Å². The molecular formula is C23H26N2O7S. The van der Waals surface area contributed by atoms with E-state index in [2.05, 4.69) is 10.1 Å². The van der Waals surface area contributed by atoms with E-state index in [0.29, 0.717) is 24.1 Å². The van der Waals surface area contributed by atoms with Gasteiger partial charge in [-0.05, 0) is 68.3 Å². The maximum absolute atomic E-state index is 12.9. The number of methoxy groups -OCH3 is 1. The molecule has 1 fully saturated rings. The molecule has 1 aliphatic heterocycles. The summed E-state index contributed by atoms with van der Waals surface area (Å²) in [6.45, 7) is 2.35. The Morgan fingerprint density at radius 1 is 0.939 bits per heavy atom. The number of esters is 2. The Bertz CT molecular complexity index is 1100. The summed E-state index contributed by atoms with van der Waals surface area (Å²) in [7, 11) is -2.44. The van der Waals surface area contributed by atoms with Gasteiger partial charge < -0.3 is 14.8 Å². The minimum atomic E-state index is -3.73. The van der Waals surface area contributed by atoms with Crippen molar-refractivity contribution in [2.45, 2.75) is 24.7 Å². The van der Waals surface area contributed by atoms with Gasteiger partial charge in [0.1, 0.15) is 0 Å². The van der Waals surface area contributed by atoms with Crippen LogP contribution in [0.25, 0.3) is 0 Å². The molecule has 0 spiro atoms. The van der Waals surface area contributed by atoms with E-state index in [-0.39, 0.29) is 42.0 Å². The number of rotatable bonds is 7. The Morgan fingerprint density at radius 2 is 1.48 bits per heavy atom. The summed E-state index contributed by atoms with van der Waals surface area (Å²) < 4.78 is 36.8. The Morgan fingerprint density at radius 3 is 2.03 bits per heavy atom. The number of piperidine rings is 1. The molecule has 3 rings (SSSR count). The molecule has 176 valence electrons. The highest BCUT2D eigenvalue weighted by molar-refractivity contribution is 7.89. The molecule has 2 aromatic carbocycles. The number of hydrogen-bond donors (Lipinski definition) is 1. The number of carbonyl (C=O) groups is 3. The summed E-state index contributed by atoms with van der Waals surface area (Å²) in [5, 5.41) is 2.81. The lowest BCUT2D eigenvalue weighted by Gasteiger charge is -2.30. The van der Waals surface area contributed by atoms with Crippen molar-refractivity contribution in [1.29, 1.82) is 0 Å². The van der Waals surface area contributed by atoms with Gasteiger partial charge in [0.25, 0.3) is 0 Å². The minimum absolute atomic E-state index is 0.0872. The summed E-state index contributed by atoms with van der Waals surface area (Å²) >= 11 is 0. The van der Waals surface area contributed by atoms with Gasteiger partial charge in [0.15, 0.2) is 0 Å². The van der Waals surface area contributed by atoms with E-state index in [1.165, 1.54) is 35.7 Å². The quantitative estimate of drug-likeness (QED) is 0.613. The summed E-state index contributed by atoms with van der Waals surface area (Å²) in [6, 6.07) is 12.0. The lowest BCUT2D eigenvalue weighted by molar-refractivity contribution is -0.120. The molecule has 1 N–H and O–H groups in total. The van der Waals surface area contributed by atoms with Crippen molar-refractivity contribution in [3.8, 4) is 0 Å². The standard InChI is InChI=1S/C23H26N2O7S/c1-3-32-23(28)18-6-10-20(11-7-18)33(29,30)25-14-12-16(13-15-25)21(26)24-19-8-4-17(5-9-19)22(27)31-2/h4-11,16H,3,12-15H2,1-2H3,(H,24,26). The number of anilines is 1. The summed E-state index contributed by atoms with van der Waals surface area (Å²) in [4.78, 5) is 36.0. The molecule has 0 unspecified atom stereocenters. The fraction of sp³-hybridized carbons (Fsp3) is 0.348. The third kappa shape index (κ3) is 5.77. The third-order valence-corrected chi connectivity index (χ3v) is 7.31. The monoisotopic (exact) mass is 474 g/mol. The van der Waals surface area contributed by atoms with E-state index in [0.717, 1.165) is 0 Å². The van der Waals surface area contributed by atoms with Crippen LogP contribution in [0.4, 0.5) is 5.69 Å². The molecule has 1 saturated heterocycles. The number of ether oxygens (including phenoxy) is 2. The smallest absolute Gasteiger partial charge is 0.338 e. The molecule has 9 nitrogen and oxygen atoms in total. The van der Waals surface area contributed by atoms with Gasteiger partial charge in [-0.15, -0.1) is 0 Å². The van der Waals surface area contributed by atoms with Crippen molar-refractivity contribution < 1.29 is 32.3 Å². The van der Waals surface area contributed by atoms with Crippen molar-refractivity contribution in [3.63, 3.8) is 0 Å². The van der Waals surface area contributed by atoms with Crippen LogP contribution in [0.1, 0.15) is 40.5 Å². The Labute approximate surface area is 192 Å². The number of nitrogens with one attached hydrogen (secondary N) is 1. The van der Waals surface area contributed by atoms with Crippen molar-refractivity contribution in [2.24, 2.45) is 5.92 Å². The first kappa shape index (κ1) is 24.4. The van der Waals surface area contributed by atoms with Crippen LogP contribution in [0.3, 0.4) is 0 Å². The molecule has 1 aliphatic rings. The number of sulfonamides is 1. The zero-order chi connectivity index (χ0) is 24.0. The molecule has 10 heteroatoms. The number of hydrogen-bond acceptors (Lipinski definition) is 7. The molecule has 0 bridgehead atoms. The largest absolute Gasteiger partial charge is 0.465 e. The molecule has 0 radical (unpaired) electrons. The van der Waals surface area contributed by atoms with E-state index in [9.17, 15) is 22.8 Å². The second kappa shape index (κ2) is 10.6. The Kier molecular flexibility index (Phi) is 7.83. The number of amides is 1. The van der Waals surface area contributed by atoms with Gasteiger partial charge in [-0.25, -0.2) is 18.0 Å². The first-order chi connectivity index (χ1) is 15.8. The van der Waals surface area contributed by atoms with Crippen molar-refractivity contribution in [1.82, 2.24) is 4.31 Å². The van der Waals surface area contributed by atoms with Crippen LogP contribution in [0.5, 0.6) is 0 Å². The predicted molar refractivity (Wildman–Crippen MR) is 120 cm³/mol.